The lowest BCUT2D eigenvalue weighted by atomic mass is 9.85. The normalized spacial score (nSPS) is 16.9. The van der Waals surface area contributed by atoms with Gasteiger partial charge in [-0.15, -0.1) is 0 Å². The average molecular weight is 370 g/mol. The lowest BCUT2D eigenvalue weighted by Gasteiger charge is -2.32. The number of aryl methyl sites for hydroxylation is 1. The van der Waals surface area contributed by atoms with Crippen molar-refractivity contribution in [3.05, 3.63) is 41.8 Å². The number of hydrogen-bond acceptors (Lipinski definition) is 4. The maximum absolute atomic E-state index is 10.6. The van der Waals surface area contributed by atoms with Gasteiger partial charge in [0.15, 0.2) is 5.96 Å². The van der Waals surface area contributed by atoms with Gasteiger partial charge in [-0.2, -0.15) is 0 Å². The van der Waals surface area contributed by atoms with Gasteiger partial charge >= 0.3 is 0 Å². The number of hydrogen-bond donors (Lipinski definition) is 3. The number of aliphatic imine (C=N–C) groups is 1. The van der Waals surface area contributed by atoms with Crippen molar-refractivity contribution in [1.82, 2.24) is 15.6 Å². The lowest BCUT2D eigenvalue weighted by molar-refractivity contribution is 0.00859. The zero-order valence-corrected chi connectivity index (χ0v) is 16.3. The first-order valence-electron chi connectivity index (χ1n) is 9.84. The summed E-state index contributed by atoms with van der Waals surface area (Å²) in [5.74, 6) is 1.30. The van der Waals surface area contributed by atoms with Crippen LogP contribution in [-0.2, 0) is 6.54 Å². The van der Waals surface area contributed by atoms with E-state index >= 15 is 0 Å². The van der Waals surface area contributed by atoms with Gasteiger partial charge in [0.25, 0.3) is 0 Å². The summed E-state index contributed by atoms with van der Waals surface area (Å²) in [6, 6.07) is 8.09. The molecule has 27 heavy (non-hydrogen) atoms. The van der Waals surface area contributed by atoms with Crippen molar-refractivity contribution in [2.24, 2.45) is 4.99 Å². The zero-order chi connectivity index (χ0) is 19.1. The highest BCUT2D eigenvalue weighted by atomic mass is 16.3. The molecule has 146 valence electrons. The molecule has 0 atom stereocenters. The number of nitrogens with zero attached hydrogens (tertiary/aromatic N) is 2. The van der Waals surface area contributed by atoms with Crippen molar-refractivity contribution in [3.63, 3.8) is 0 Å². The molecule has 2 aromatic rings. The summed E-state index contributed by atoms with van der Waals surface area (Å²) in [7, 11) is 0. The molecule has 0 radical (unpaired) electrons. The van der Waals surface area contributed by atoms with Crippen LogP contribution < -0.4 is 10.6 Å². The van der Waals surface area contributed by atoms with Crippen LogP contribution in [0.5, 0.6) is 0 Å². The quantitative estimate of drug-likeness (QED) is 0.536. The van der Waals surface area contributed by atoms with Crippen molar-refractivity contribution in [3.8, 4) is 11.5 Å². The highest BCUT2D eigenvalue weighted by Crippen LogP contribution is 2.27. The van der Waals surface area contributed by atoms with E-state index in [4.69, 9.17) is 4.42 Å². The molecule has 1 fully saturated rings. The molecule has 0 bridgehead atoms. The van der Waals surface area contributed by atoms with Crippen LogP contribution in [0.2, 0.25) is 0 Å². The molecular weight excluding hydrogens is 340 g/mol. The van der Waals surface area contributed by atoms with Crippen LogP contribution in [0.3, 0.4) is 0 Å². The largest absolute Gasteiger partial charge is 0.444 e. The molecule has 0 aliphatic heterocycles. The van der Waals surface area contributed by atoms with Gasteiger partial charge in [0.1, 0.15) is 12.0 Å². The minimum absolute atomic E-state index is 0.420. The lowest BCUT2D eigenvalue weighted by Crippen LogP contribution is -2.48. The highest BCUT2D eigenvalue weighted by molar-refractivity contribution is 5.79. The van der Waals surface area contributed by atoms with Gasteiger partial charge in [0.05, 0.1) is 12.1 Å². The summed E-state index contributed by atoms with van der Waals surface area (Å²) in [6.45, 7) is 5.78. The predicted octanol–water partition coefficient (Wildman–Crippen LogP) is 3.40. The first kappa shape index (κ1) is 19.4. The van der Waals surface area contributed by atoms with Crippen molar-refractivity contribution in [1.29, 1.82) is 0 Å². The fourth-order valence-electron chi connectivity index (χ4n) is 3.35. The van der Waals surface area contributed by atoms with Crippen molar-refractivity contribution >= 4 is 5.96 Å². The molecule has 0 saturated heterocycles. The molecular formula is C21H30N4O2. The fourth-order valence-corrected chi connectivity index (χ4v) is 3.35. The number of aromatic nitrogens is 1. The number of rotatable bonds is 6. The molecule has 1 heterocycles. The predicted molar refractivity (Wildman–Crippen MR) is 108 cm³/mol. The first-order valence-corrected chi connectivity index (χ1v) is 9.84. The number of nitrogens with one attached hydrogen (secondary N) is 2. The second kappa shape index (κ2) is 9.04. The summed E-state index contributed by atoms with van der Waals surface area (Å²) < 4.78 is 5.59. The Morgan fingerprint density at radius 3 is 2.63 bits per heavy atom. The summed E-state index contributed by atoms with van der Waals surface area (Å²) in [6.07, 6.45) is 6.74. The maximum Gasteiger partial charge on any atom is 0.226 e. The van der Waals surface area contributed by atoms with E-state index < -0.39 is 5.60 Å². The Morgan fingerprint density at radius 1 is 1.19 bits per heavy atom. The molecule has 3 rings (SSSR count). The molecule has 1 aliphatic carbocycles. The van der Waals surface area contributed by atoms with E-state index in [1.54, 1.807) is 6.26 Å². The van der Waals surface area contributed by atoms with E-state index in [1.165, 1.54) is 12.0 Å². The Bertz CT molecular complexity index is 746. The summed E-state index contributed by atoms with van der Waals surface area (Å²) in [5.41, 5.74) is 2.32. The fraction of sp³-hybridized carbons (Fsp3) is 0.524. The van der Waals surface area contributed by atoms with Gasteiger partial charge in [0.2, 0.25) is 5.89 Å². The van der Waals surface area contributed by atoms with E-state index in [0.29, 0.717) is 24.9 Å². The van der Waals surface area contributed by atoms with Crippen LogP contribution >= 0.6 is 0 Å². The van der Waals surface area contributed by atoms with E-state index in [9.17, 15) is 5.11 Å². The Morgan fingerprint density at radius 2 is 1.93 bits per heavy atom. The smallest absolute Gasteiger partial charge is 0.226 e. The minimum Gasteiger partial charge on any atom is -0.444 e. The van der Waals surface area contributed by atoms with E-state index in [0.717, 1.165) is 43.5 Å². The Balaban J connectivity index is 1.60. The molecule has 1 aromatic carbocycles. The third kappa shape index (κ3) is 5.57. The zero-order valence-electron chi connectivity index (χ0n) is 16.3. The average Bonchev–Trinajstić information content (AvgIpc) is 3.14. The standard InChI is InChI=1S/C21H30N4O2/c1-3-22-20(24-15-21(26)11-5-4-6-12-21)23-13-18-14-27-19(25-18)17-9-7-16(2)8-10-17/h7-10,14,26H,3-6,11-13,15H2,1-2H3,(H2,22,23,24). The number of benzene rings is 1. The molecule has 0 spiro atoms. The van der Waals surface area contributed by atoms with Crippen molar-refractivity contribution in [2.75, 3.05) is 13.1 Å². The molecule has 1 aliphatic rings. The molecule has 3 N–H and O–H groups in total. The van der Waals surface area contributed by atoms with Crippen LogP contribution in [-0.4, -0.2) is 34.7 Å². The molecule has 0 unspecified atom stereocenters. The third-order valence-electron chi connectivity index (χ3n) is 4.96. The molecule has 1 aromatic heterocycles. The van der Waals surface area contributed by atoms with Crippen molar-refractivity contribution in [2.45, 2.75) is 58.1 Å². The van der Waals surface area contributed by atoms with Gasteiger partial charge in [-0.3, -0.25) is 0 Å². The van der Waals surface area contributed by atoms with Crippen LogP contribution in [0.1, 0.15) is 50.3 Å². The van der Waals surface area contributed by atoms with Crippen LogP contribution in [0.25, 0.3) is 11.5 Å². The summed E-state index contributed by atoms with van der Waals surface area (Å²) >= 11 is 0. The SMILES string of the molecule is CCNC(=NCc1coc(-c2ccc(C)cc2)n1)NCC1(O)CCCCC1. The molecule has 6 heteroatoms. The number of oxazole rings is 1. The van der Waals surface area contributed by atoms with Gasteiger partial charge in [-0.05, 0) is 38.8 Å². The Labute approximate surface area is 161 Å². The summed E-state index contributed by atoms with van der Waals surface area (Å²) in [4.78, 5) is 9.11. The second-order valence-corrected chi connectivity index (χ2v) is 7.34. The van der Waals surface area contributed by atoms with E-state index in [2.05, 4.69) is 27.5 Å². The Kier molecular flexibility index (Phi) is 6.50. The van der Waals surface area contributed by atoms with Gasteiger partial charge in [-0.1, -0.05) is 37.0 Å². The molecule has 0 amide bonds. The highest BCUT2D eigenvalue weighted by Gasteiger charge is 2.29. The van der Waals surface area contributed by atoms with Crippen LogP contribution in [0, 0.1) is 6.92 Å². The van der Waals surface area contributed by atoms with Gasteiger partial charge in [0, 0.05) is 18.7 Å². The van der Waals surface area contributed by atoms with Gasteiger partial charge < -0.3 is 20.2 Å². The number of aliphatic hydroxyl groups is 1. The van der Waals surface area contributed by atoms with Crippen molar-refractivity contribution < 1.29 is 9.52 Å². The number of guanidine groups is 1. The molecule has 1 saturated carbocycles. The van der Waals surface area contributed by atoms with Crippen LogP contribution in [0.15, 0.2) is 39.9 Å². The monoisotopic (exact) mass is 370 g/mol. The van der Waals surface area contributed by atoms with E-state index in [-0.39, 0.29) is 0 Å². The summed E-state index contributed by atoms with van der Waals surface area (Å²) in [5, 5.41) is 17.1. The Hall–Kier alpha value is -2.34. The molecule has 6 nitrogen and oxygen atoms in total. The van der Waals surface area contributed by atoms with E-state index in [1.807, 2.05) is 31.2 Å². The second-order valence-electron chi connectivity index (χ2n) is 7.34. The van der Waals surface area contributed by atoms with Crippen LogP contribution in [0.4, 0.5) is 0 Å². The maximum atomic E-state index is 10.6. The topological polar surface area (TPSA) is 82.7 Å². The third-order valence-corrected chi connectivity index (χ3v) is 4.96. The minimum atomic E-state index is -0.624. The van der Waals surface area contributed by atoms with Gasteiger partial charge in [-0.25, -0.2) is 9.98 Å². The first-order chi connectivity index (χ1) is 13.1.